The third kappa shape index (κ3) is 5.99. The smallest absolute Gasteiger partial charge is 0.0351 e. The highest BCUT2D eigenvalue weighted by atomic mass is 32.1. The van der Waals surface area contributed by atoms with Crippen LogP contribution < -0.4 is 0 Å². The molecule has 6 aromatic rings. The maximum absolute atomic E-state index is 2.30. The Morgan fingerprint density at radius 3 is 1.12 bits per heavy atom. The minimum atomic E-state index is 1.20. The first-order chi connectivity index (χ1) is 19.6. The quantitative estimate of drug-likeness (QED) is 0.173. The van der Waals surface area contributed by atoms with Gasteiger partial charge >= 0.3 is 0 Å². The Kier molecular flexibility index (Phi) is 7.72. The van der Waals surface area contributed by atoms with E-state index in [1.807, 2.05) is 22.7 Å². The van der Waals surface area contributed by atoms with E-state index in [0.29, 0.717) is 0 Å². The molecule has 0 amide bonds. The van der Waals surface area contributed by atoms with E-state index in [0.717, 1.165) is 0 Å². The van der Waals surface area contributed by atoms with Crippen molar-refractivity contribution in [2.45, 2.75) is 13.8 Å². The van der Waals surface area contributed by atoms with Gasteiger partial charge in [0.25, 0.3) is 0 Å². The molecule has 2 aromatic heterocycles. The van der Waals surface area contributed by atoms with Crippen molar-refractivity contribution in [2.24, 2.45) is 0 Å². The van der Waals surface area contributed by atoms with Crippen LogP contribution >= 0.6 is 22.7 Å². The molecule has 0 atom stereocenters. The van der Waals surface area contributed by atoms with Crippen LogP contribution in [-0.2, 0) is 0 Å². The molecule has 6 rings (SSSR count). The molecule has 0 radical (unpaired) electrons. The van der Waals surface area contributed by atoms with Crippen LogP contribution in [0.25, 0.3) is 34.4 Å². The highest BCUT2D eigenvalue weighted by Crippen LogP contribution is 2.33. The molecule has 0 spiro atoms. The zero-order chi connectivity index (χ0) is 27.3. The molecule has 0 saturated heterocycles. The van der Waals surface area contributed by atoms with Gasteiger partial charge in [-0.15, -0.1) is 22.7 Å². The third-order valence-corrected chi connectivity index (χ3v) is 9.03. The number of thiophene rings is 2. The molecule has 0 aliphatic rings. The fourth-order valence-electron chi connectivity index (χ4n) is 4.86. The van der Waals surface area contributed by atoms with Gasteiger partial charge in [0.2, 0.25) is 0 Å². The van der Waals surface area contributed by atoms with Crippen molar-refractivity contribution in [2.75, 3.05) is 0 Å². The summed E-state index contributed by atoms with van der Waals surface area (Å²) in [6.45, 7) is 4.33. The first-order valence-electron chi connectivity index (χ1n) is 13.5. The maximum atomic E-state index is 2.30. The van der Waals surface area contributed by atoms with Gasteiger partial charge in [0.05, 0.1) is 0 Å². The Morgan fingerprint density at radius 1 is 0.425 bits per heavy atom. The average molecular weight is 551 g/mol. The molecule has 40 heavy (non-hydrogen) atoms. The van der Waals surface area contributed by atoms with Gasteiger partial charge in [-0.1, -0.05) is 109 Å². The summed E-state index contributed by atoms with van der Waals surface area (Å²) in [6, 6.07) is 48.0. The van der Waals surface area contributed by atoms with E-state index in [2.05, 4.69) is 159 Å². The van der Waals surface area contributed by atoms with Gasteiger partial charge in [-0.25, -0.2) is 0 Å². The van der Waals surface area contributed by atoms with Gasteiger partial charge < -0.3 is 0 Å². The Morgan fingerprint density at radius 2 is 0.800 bits per heavy atom. The molecule has 0 unspecified atom stereocenters. The lowest BCUT2D eigenvalue weighted by Crippen LogP contribution is -1.86. The number of rotatable bonds is 7. The molecule has 2 heterocycles. The molecular weight excluding hydrogens is 521 g/mol. The Bertz CT molecular complexity index is 1630. The monoisotopic (exact) mass is 550 g/mol. The second kappa shape index (κ2) is 11.9. The van der Waals surface area contributed by atoms with Gasteiger partial charge in [0, 0.05) is 19.5 Å². The molecule has 4 aromatic carbocycles. The number of hydrogen-bond donors (Lipinski definition) is 0. The summed E-state index contributed by atoms with van der Waals surface area (Å²) in [6.07, 6.45) is 4.60. The molecule has 2 heteroatoms. The maximum Gasteiger partial charge on any atom is 0.0351 e. The van der Waals surface area contributed by atoms with E-state index < -0.39 is 0 Å². The topological polar surface area (TPSA) is 0 Å². The summed E-state index contributed by atoms with van der Waals surface area (Å²) in [7, 11) is 0. The zero-order valence-corrected chi connectivity index (χ0v) is 24.3. The predicted octanol–water partition coefficient (Wildman–Crippen LogP) is 11.3. The minimum absolute atomic E-state index is 1.20. The van der Waals surface area contributed by atoms with Crippen LogP contribution in [0.1, 0.15) is 41.8 Å². The van der Waals surface area contributed by atoms with Crippen molar-refractivity contribution in [1.82, 2.24) is 0 Å². The molecule has 0 fully saturated rings. The van der Waals surface area contributed by atoms with E-state index in [1.165, 1.54) is 64.0 Å². The highest BCUT2D eigenvalue weighted by molar-refractivity contribution is 7.13. The van der Waals surface area contributed by atoms with Crippen molar-refractivity contribution < 1.29 is 0 Å². The number of hydrogen-bond acceptors (Lipinski definition) is 2. The zero-order valence-electron chi connectivity index (χ0n) is 22.7. The van der Waals surface area contributed by atoms with Crippen molar-refractivity contribution in [3.63, 3.8) is 0 Å². The normalized spacial score (nSPS) is 12.1. The molecule has 0 N–H and O–H groups in total. The Balaban J connectivity index is 1.28. The van der Waals surface area contributed by atoms with Crippen LogP contribution in [0, 0.1) is 13.8 Å². The van der Waals surface area contributed by atoms with Gasteiger partial charge in [0.1, 0.15) is 0 Å². The first-order valence-corrected chi connectivity index (χ1v) is 15.1. The average Bonchev–Trinajstić information content (AvgIpc) is 3.64. The van der Waals surface area contributed by atoms with E-state index in [1.54, 1.807) is 0 Å². The lowest BCUT2D eigenvalue weighted by molar-refractivity contribution is 1.57. The summed E-state index contributed by atoms with van der Waals surface area (Å²) in [4.78, 5) is 5.24. The Hall–Kier alpha value is -4.24. The summed E-state index contributed by atoms with van der Waals surface area (Å²) in [5.74, 6) is 0. The van der Waals surface area contributed by atoms with Gasteiger partial charge in [0.15, 0.2) is 0 Å². The fourth-order valence-corrected chi connectivity index (χ4v) is 6.68. The first kappa shape index (κ1) is 26.0. The van der Waals surface area contributed by atoms with E-state index in [9.17, 15) is 0 Å². The predicted molar refractivity (Wildman–Crippen MR) is 177 cm³/mol. The molecule has 194 valence electrons. The summed E-state index contributed by atoms with van der Waals surface area (Å²) in [5, 5.41) is 0. The van der Waals surface area contributed by atoms with Crippen molar-refractivity contribution in [3.8, 4) is 11.1 Å². The van der Waals surface area contributed by atoms with Crippen molar-refractivity contribution in [1.29, 1.82) is 0 Å². The van der Waals surface area contributed by atoms with Gasteiger partial charge in [-0.2, -0.15) is 0 Å². The highest BCUT2D eigenvalue weighted by Gasteiger charge is 2.09. The van der Waals surface area contributed by atoms with E-state index >= 15 is 0 Å². The van der Waals surface area contributed by atoms with Crippen LogP contribution in [0.2, 0.25) is 0 Å². The van der Waals surface area contributed by atoms with Crippen LogP contribution in [0.4, 0.5) is 0 Å². The Labute approximate surface area is 245 Å². The molecular formula is C38H30S2. The molecule has 0 saturated carbocycles. The lowest BCUT2D eigenvalue weighted by Gasteiger charge is -2.09. The third-order valence-electron chi connectivity index (χ3n) is 6.96. The van der Waals surface area contributed by atoms with E-state index in [-0.39, 0.29) is 0 Å². The second-order valence-corrected chi connectivity index (χ2v) is 12.5. The van der Waals surface area contributed by atoms with Gasteiger partial charge in [-0.05, 0) is 94.8 Å². The van der Waals surface area contributed by atoms with Crippen LogP contribution in [-0.4, -0.2) is 0 Å². The molecule has 0 aliphatic heterocycles. The van der Waals surface area contributed by atoms with E-state index in [4.69, 9.17) is 0 Å². The van der Waals surface area contributed by atoms with Gasteiger partial charge in [-0.3, -0.25) is 0 Å². The fraction of sp³-hybridized carbons (Fsp3) is 0.0526. The molecule has 0 aliphatic carbocycles. The summed E-state index contributed by atoms with van der Waals surface area (Å²) in [5.41, 5.74) is 9.85. The number of aryl methyl sites for hydroxylation is 2. The second-order valence-electron chi connectivity index (χ2n) is 9.91. The SMILES string of the molecule is Cc1ccc(C(=Cc2ccc(-c3ccc(C=C(c4ccccc4)c4ccc(C)s4)cc3)cc2)c2ccccc2)s1. The standard InChI is InChI=1S/C38H30S2/c1-27-13-23-37(39-27)35(33-9-5-3-6-10-33)25-29-15-19-31(20-16-29)32-21-17-30(18-22-32)26-36(34-11-7-4-8-12-34)38-24-14-28(2)40-38/h3-26H,1-2H3. The largest absolute Gasteiger partial charge is 0.141 e. The van der Waals surface area contributed by atoms with Crippen molar-refractivity contribution in [3.05, 3.63) is 175 Å². The van der Waals surface area contributed by atoms with Crippen LogP contribution in [0.3, 0.4) is 0 Å². The summed E-state index contributed by atoms with van der Waals surface area (Å²) < 4.78 is 0. The van der Waals surface area contributed by atoms with Crippen LogP contribution in [0.15, 0.2) is 133 Å². The lowest BCUT2D eigenvalue weighted by atomic mass is 9.98. The summed E-state index contributed by atoms with van der Waals surface area (Å²) >= 11 is 3.68. The van der Waals surface area contributed by atoms with Crippen molar-refractivity contribution >= 4 is 46.0 Å². The van der Waals surface area contributed by atoms with Crippen LogP contribution in [0.5, 0.6) is 0 Å². The molecule has 0 bridgehead atoms. The minimum Gasteiger partial charge on any atom is -0.141 e. The molecule has 0 nitrogen and oxygen atoms in total. The number of benzene rings is 4.